The molecule has 2 aliphatic carbocycles. The predicted octanol–water partition coefficient (Wildman–Crippen LogP) is 9.76. The summed E-state index contributed by atoms with van der Waals surface area (Å²) in [5, 5.41) is 19.5. The highest BCUT2D eigenvalue weighted by Crippen LogP contribution is 2.42. The average molecular weight is 587 g/mol. The van der Waals surface area contributed by atoms with Crippen LogP contribution < -0.4 is 0 Å². The van der Waals surface area contributed by atoms with Gasteiger partial charge in [0.25, 0.3) is 0 Å². The number of hydrogen-bond donors (Lipinski definition) is 2. The average Bonchev–Trinajstić information content (AvgIpc) is 2.99. The molecule has 0 radical (unpaired) electrons. The Morgan fingerprint density at radius 3 is 1.64 bits per heavy atom. The van der Waals surface area contributed by atoms with Crippen molar-refractivity contribution in [2.24, 2.45) is 0 Å². The van der Waals surface area contributed by atoms with Gasteiger partial charge in [0.2, 0.25) is 5.82 Å². The second kappa shape index (κ2) is 12.4. The minimum atomic E-state index is -1.32. The van der Waals surface area contributed by atoms with Gasteiger partial charge in [0.05, 0.1) is 6.10 Å². The molecule has 222 valence electrons. The van der Waals surface area contributed by atoms with Gasteiger partial charge in [-0.15, -0.1) is 0 Å². The van der Waals surface area contributed by atoms with Gasteiger partial charge in [0.1, 0.15) is 0 Å². The van der Waals surface area contributed by atoms with E-state index in [1.54, 1.807) is 24.3 Å². The smallest absolute Gasteiger partial charge is 0.200 e. The third-order valence-electron chi connectivity index (χ3n) is 8.63. The number of phenols is 1. The van der Waals surface area contributed by atoms with Crippen LogP contribution in [0.3, 0.4) is 0 Å². The van der Waals surface area contributed by atoms with Crippen LogP contribution in [-0.4, -0.2) is 10.2 Å². The van der Waals surface area contributed by atoms with E-state index in [1.165, 1.54) is 18.2 Å². The first kappa shape index (κ1) is 30.0. The van der Waals surface area contributed by atoms with Crippen molar-refractivity contribution in [3.63, 3.8) is 0 Å². The van der Waals surface area contributed by atoms with E-state index < -0.39 is 46.8 Å². The Morgan fingerprint density at radius 1 is 0.667 bits per heavy atom. The largest absolute Gasteiger partial charge is 0.505 e. The van der Waals surface area contributed by atoms with E-state index in [9.17, 15) is 27.8 Å². The van der Waals surface area contributed by atoms with Crippen molar-refractivity contribution >= 4 is 11.1 Å². The fourth-order valence-corrected chi connectivity index (χ4v) is 6.22. The Morgan fingerprint density at radius 2 is 1.17 bits per heavy atom. The monoisotopic (exact) mass is 586 g/mol. The molecule has 8 heteroatoms. The fraction of sp³-hybridized carbons (Fsp3) is 0.353. The topological polar surface area (TPSA) is 40.5 Å². The van der Waals surface area contributed by atoms with Crippen LogP contribution in [0.2, 0.25) is 0 Å². The zero-order chi connectivity index (χ0) is 30.1. The Kier molecular flexibility index (Phi) is 8.83. The molecule has 0 fully saturated rings. The maximum Gasteiger partial charge on any atom is 0.200 e. The minimum Gasteiger partial charge on any atom is -0.505 e. The van der Waals surface area contributed by atoms with Crippen LogP contribution in [0.15, 0.2) is 48.6 Å². The lowest BCUT2D eigenvalue weighted by Gasteiger charge is -2.26. The molecular weight excluding hydrogens is 554 g/mol. The number of halogens is 6. The number of hydrogen-bond acceptors (Lipinski definition) is 2. The summed E-state index contributed by atoms with van der Waals surface area (Å²) in [6.45, 7) is 1.84. The number of aliphatic hydroxyl groups excluding tert-OH is 1. The summed E-state index contributed by atoms with van der Waals surface area (Å²) in [6, 6.07) is 8.41. The second-order valence-electron chi connectivity index (χ2n) is 11.2. The van der Waals surface area contributed by atoms with E-state index >= 15 is 8.78 Å². The molecule has 0 aromatic heterocycles. The molecule has 2 N–H and O–H groups in total. The maximum atomic E-state index is 15.3. The highest BCUT2D eigenvalue weighted by Gasteiger charge is 2.29. The maximum absolute atomic E-state index is 15.3. The van der Waals surface area contributed by atoms with Gasteiger partial charge >= 0.3 is 0 Å². The lowest BCUT2D eigenvalue weighted by Crippen LogP contribution is -2.12. The van der Waals surface area contributed by atoms with E-state index in [-0.39, 0.29) is 39.7 Å². The van der Waals surface area contributed by atoms with Crippen LogP contribution in [0.4, 0.5) is 26.3 Å². The second-order valence-corrected chi connectivity index (χ2v) is 11.2. The summed E-state index contributed by atoms with van der Waals surface area (Å²) >= 11 is 0. The highest BCUT2D eigenvalue weighted by atomic mass is 19.2. The number of allylic oxidation sites excluding steroid dienone is 4. The Balaban J connectivity index is 1.30. The van der Waals surface area contributed by atoms with Crippen LogP contribution in [0.5, 0.6) is 5.75 Å². The lowest BCUT2D eigenvalue weighted by molar-refractivity contribution is 0.160. The standard InChI is InChI=1S/C34H32F6O2/c1-2-3-27(41)26-15-14-24(31(37)33(26)39)20-6-4-18(5-7-20)22-12-13-23(30(36)29(22)35)19-8-10-21(11-9-19)25-16-17-28(42)34(40)32(25)38/h6,10,12-19,27,41-42H,2-5,7-9,11H2,1H3. The van der Waals surface area contributed by atoms with Gasteiger partial charge in [-0.05, 0) is 91.2 Å². The molecule has 3 unspecified atom stereocenters. The van der Waals surface area contributed by atoms with Crippen LogP contribution in [-0.2, 0) is 0 Å². The van der Waals surface area contributed by atoms with Gasteiger partial charge in [0.15, 0.2) is 34.8 Å². The summed E-state index contributed by atoms with van der Waals surface area (Å²) in [6.07, 6.45) is 5.46. The number of rotatable bonds is 7. The van der Waals surface area contributed by atoms with Gasteiger partial charge in [-0.2, -0.15) is 4.39 Å². The summed E-state index contributed by atoms with van der Waals surface area (Å²) in [7, 11) is 0. The van der Waals surface area contributed by atoms with Crippen LogP contribution in [0, 0.1) is 34.9 Å². The molecule has 0 heterocycles. The molecule has 0 bridgehead atoms. The third kappa shape index (κ3) is 5.61. The van der Waals surface area contributed by atoms with E-state index in [4.69, 9.17) is 0 Å². The van der Waals surface area contributed by atoms with Gasteiger partial charge < -0.3 is 10.2 Å². The quantitative estimate of drug-likeness (QED) is 0.271. The normalized spacial score (nSPS) is 19.8. The van der Waals surface area contributed by atoms with Crippen LogP contribution in [0.1, 0.15) is 104 Å². The minimum absolute atomic E-state index is 0.0446. The molecule has 42 heavy (non-hydrogen) atoms. The van der Waals surface area contributed by atoms with Crippen molar-refractivity contribution in [2.75, 3.05) is 0 Å². The molecule has 3 aromatic carbocycles. The van der Waals surface area contributed by atoms with Gasteiger partial charge in [-0.1, -0.05) is 49.8 Å². The lowest BCUT2D eigenvalue weighted by atomic mass is 9.79. The number of aromatic hydroxyl groups is 1. The van der Waals surface area contributed by atoms with Crippen molar-refractivity contribution in [3.05, 3.63) is 111 Å². The van der Waals surface area contributed by atoms with Crippen molar-refractivity contribution in [1.29, 1.82) is 0 Å². The molecule has 3 atom stereocenters. The van der Waals surface area contributed by atoms with Crippen LogP contribution in [0.25, 0.3) is 11.1 Å². The Labute approximate surface area is 241 Å². The van der Waals surface area contributed by atoms with Crippen molar-refractivity contribution in [1.82, 2.24) is 0 Å². The summed E-state index contributed by atoms with van der Waals surface area (Å²) in [4.78, 5) is 0. The Hall–Kier alpha value is -3.52. The molecule has 0 spiro atoms. The molecule has 0 amide bonds. The van der Waals surface area contributed by atoms with Crippen molar-refractivity contribution < 1.29 is 36.6 Å². The van der Waals surface area contributed by atoms with E-state index in [2.05, 4.69) is 0 Å². The molecule has 2 aliphatic rings. The fourth-order valence-electron chi connectivity index (χ4n) is 6.22. The Bertz CT molecular complexity index is 1560. The molecule has 3 aromatic rings. The van der Waals surface area contributed by atoms with E-state index in [0.29, 0.717) is 62.5 Å². The predicted molar refractivity (Wildman–Crippen MR) is 150 cm³/mol. The van der Waals surface area contributed by atoms with E-state index in [1.807, 2.05) is 6.92 Å². The molecule has 2 nitrogen and oxygen atoms in total. The first-order valence-electron chi connectivity index (χ1n) is 14.3. The van der Waals surface area contributed by atoms with Crippen LogP contribution >= 0.6 is 0 Å². The van der Waals surface area contributed by atoms with Crippen molar-refractivity contribution in [3.8, 4) is 5.75 Å². The SMILES string of the molecule is CCCC(O)c1ccc(C2=CCC(c3ccc(C4CC=C(c5ccc(O)c(F)c5F)CC4)c(F)c3F)CC2)c(F)c1F. The number of benzene rings is 3. The zero-order valence-corrected chi connectivity index (χ0v) is 23.2. The molecule has 5 rings (SSSR count). The summed E-state index contributed by atoms with van der Waals surface area (Å²) in [5.74, 6) is -7.84. The van der Waals surface area contributed by atoms with Crippen molar-refractivity contribution in [2.45, 2.75) is 76.2 Å². The molecule has 0 aliphatic heterocycles. The van der Waals surface area contributed by atoms with Gasteiger partial charge in [-0.25, -0.2) is 22.0 Å². The molecular formula is C34H32F6O2. The molecule has 0 saturated heterocycles. The third-order valence-corrected chi connectivity index (χ3v) is 8.63. The number of phenolic OH excluding ortho intramolecular Hbond substituents is 1. The first-order chi connectivity index (χ1) is 20.1. The van der Waals surface area contributed by atoms with Gasteiger partial charge in [0, 0.05) is 16.7 Å². The zero-order valence-electron chi connectivity index (χ0n) is 23.2. The summed E-state index contributed by atoms with van der Waals surface area (Å²) in [5.41, 5.74) is 1.67. The molecule has 0 saturated carbocycles. The highest BCUT2D eigenvalue weighted by molar-refractivity contribution is 5.69. The van der Waals surface area contributed by atoms with Gasteiger partial charge in [-0.3, -0.25) is 0 Å². The first-order valence-corrected chi connectivity index (χ1v) is 14.3. The van der Waals surface area contributed by atoms with E-state index in [0.717, 1.165) is 6.07 Å². The summed E-state index contributed by atoms with van der Waals surface area (Å²) < 4.78 is 88.3. The number of aliphatic hydroxyl groups is 1.